The van der Waals surface area contributed by atoms with E-state index in [0.29, 0.717) is 30.1 Å². The predicted molar refractivity (Wildman–Crippen MR) is 116 cm³/mol. The fourth-order valence-corrected chi connectivity index (χ4v) is 4.89. The lowest BCUT2D eigenvalue weighted by Crippen LogP contribution is -2.46. The maximum absolute atomic E-state index is 13.4. The summed E-state index contributed by atoms with van der Waals surface area (Å²) < 4.78 is 24.9. The lowest BCUT2D eigenvalue weighted by Gasteiger charge is -2.39. The van der Waals surface area contributed by atoms with Crippen LogP contribution in [-0.2, 0) is 4.57 Å². The zero-order valence-corrected chi connectivity index (χ0v) is 18.2. The number of hydrogen-bond donors (Lipinski definition) is 1. The fraction of sp³-hybridized carbons (Fsp3) is 0.429. The molecule has 2 atom stereocenters. The third-order valence-corrected chi connectivity index (χ3v) is 6.50. The lowest BCUT2D eigenvalue weighted by molar-refractivity contribution is 0.106. The van der Waals surface area contributed by atoms with E-state index in [1.807, 2.05) is 36.4 Å². The number of piperidine rings is 1. The summed E-state index contributed by atoms with van der Waals surface area (Å²) in [6, 6.07) is 19.4. The van der Waals surface area contributed by atoms with Gasteiger partial charge >= 0.3 is 7.75 Å². The van der Waals surface area contributed by atoms with Gasteiger partial charge in [-0.1, -0.05) is 42.8 Å². The number of hydrogen-bond acceptors (Lipinski definition) is 4. The molecule has 7 heteroatoms. The van der Waals surface area contributed by atoms with Gasteiger partial charge in [-0.05, 0) is 51.0 Å². The van der Waals surface area contributed by atoms with Crippen molar-refractivity contribution in [1.82, 2.24) is 9.99 Å². The Kier molecular flexibility index (Phi) is 8.84. The van der Waals surface area contributed by atoms with Crippen LogP contribution >= 0.6 is 20.2 Å². The molecule has 0 radical (unpaired) electrons. The molecule has 1 heterocycles. The largest absolute Gasteiger partial charge is 0.512 e. The maximum atomic E-state index is 13.4. The predicted octanol–water partition coefficient (Wildman–Crippen LogP) is 5.53. The standard InChI is InChI=1S/C21H29N2O3P.ClH/c1-18-10-9-11-19(2)23(18)17-16-22-27(24,25-20-12-5-3-6-13-20)26-21-14-7-4-8-15-21;/h3-8,12-15,18-19H,9-11,16-17H2,1-2H3,(H,22,24);1H. The van der Waals surface area contributed by atoms with Crippen LogP contribution in [0.4, 0.5) is 0 Å². The van der Waals surface area contributed by atoms with Crippen molar-refractivity contribution in [3.8, 4) is 11.5 Å². The fourth-order valence-electron chi connectivity index (χ4n) is 3.55. The minimum absolute atomic E-state index is 0. The van der Waals surface area contributed by atoms with Crippen molar-refractivity contribution in [3.05, 3.63) is 60.7 Å². The van der Waals surface area contributed by atoms with Crippen molar-refractivity contribution in [1.29, 1.82) is 0 Å². The van der Waals surface area contributed by atoms with Gasteiger partial charge in [0.05, 0.1) is 0 Å². The molecule has 1 saturated heterocycles. The Hall–Kier alpha value is -1.52. The molecule has 2 unspecified atom stereocenters. The van der Waals surface area contributed by atoms with Crippen LogP contribution in [0.25, 0.3) is 0 Å². The third kappa shape index (κ3) is 6.52. The highest BCUT2D eigenvalue weighted by Gasteiger charge is 2.30. The molecule has 3 rings (SSSR count). The zero-order valence-electron chi connectivity index (χ0n) is 16.5. The summed E-state index contributed by atoms with van der Waals surface area (Å²) in [6.07, 6.45) is 3.70. The van der Waals surface area contributed by atoms with Crippen LogP contribution in [0.3, 0.4) is 0 Å². The molecule has 1 aliphatic heterocycles. The summed E-state index contributed by atoms with van der Waals surface area (Å²) in [5.74, 6) is 1.04. The van der Waals surface area contributed by atoms with Crippen LogP contribution in [0.1, 0.15) is 33.1 Å². The Morgan fingerprint density at radius 3 is 1.86 bits per heavy atom. The number of nitrogens with zero attached hydrogens (tertiary/aromatic N) is 1. The summed E-state index contributed by atoms with van der Waals surface area (Å²) in [7, 11) is -3.55. The minimum Gasteiger partial charge on any atom is -0.405 e. The third-order valence-electron chi connectivity index (χ3n) is 4.99. The van der Waals surface area contributed by atoms with Gasteiger partial charge in [-0.2, -0.15) is 5.09 Å². The van der Waals surface area contributed by atoms with Crippen LogP contribution in [0, 0.1) is 0 Å². The summed E-state index contributed by atoms with van der Waals surface area (Å²) in [6.45, 7) is 5.86. The van der Waals surface area contributed by atoms with Crippen LogP contribution in [-0.4, -0.2) is 30.1 Å². The molecule has 2 aromatic carbocycles. The minimum atomic E-state index is -3.55. The van der Waals surface area contributed by atoms with E-state index in [-0.39, 0.29) is 12.4 Å². The number of nitrogens with one attached hydrogen (secondary N) is 1. The summed E-state index contributed by atoms with van der Waals surface area (Å²) >= 11 is 0. The Balaban J connectivity index is 0.00000280. The van der Waals surface area contributed by atoms with Gasteiger partial charge < -0.3 is 9.05 Å². The highest BCUT2D eigenvalue weighted by molar-refractivity contribution is 7.52. The molecule has 1 aliphatic rings. The number of para-hydroxylation sites is 2. The SMILES string of the molecule is CC1CCCC(C)N1CCNP(=O)(Oc1ccccc1)Oc1ccccc1.Cl. The highest BCUT2D eigenvalue weighted by atomic mass is 35.5. The molecule has 0 bridgehead atoms. The first kappa shape index (κ1) is 22.8. The Morgan fingerprint density at radius 2 is 1.39 bits per heavy atom. The van der Waals surface area contributed by atoms with E-state index in [9.17, 15) is 4.57 Å². The van der Waals surface area contributed by atoms with Crippen LogP contribution < -0.4 is 14.1 Å². The molecular formula is C21H30ClN2O3P. The molecule has 1 N–H and O–H groups in total. The second kappa shape index (κ2) is 10.9. The van der Waals surface area contributed by atoms with Crippen molar-refractivity contribution >= 4 is 20.2 Å². The molecule has 0 aromatic heterocycles. The topological polar surface area (TPSA) is 50.8 Å². The molecule has 1 fully saturated rings. The van der Waals surface area contributed by atoms with Gasteiger partial charge in [0, 0.05) is 25.2 Å². The van der Waals surface area contributed by atoms with Gasteiger partial charge in [0.15, 0.2) is 0 Å². The van der Waals surface area contributed by atoms with Gasteiger partial charge in [-0.25, -0.2) is 4.57 Å². The molecule has 5 nitrogen and oxygen atoms in total. The average molecular weight is 425 g/mol. The molecule has 0 saturated carbocycles. The molecule has 154 valence electrons. The van der Waals surface area contributed by atoms with E-state index in [2.05, 4.69) is 23.8 Å². The van der Waals surface area contributed by atoms with Gasteiger partial charge in [-0.15, -0.1) is 12.4 Å². The maximum Gasteiger partial charge on any atom is 0.512 e. The quantitative estimate of drug-likeness (QED) is 0.565. The van der Waals surface area contributed by atoms with Gasteiger partial charge in [-0.3, -0.25) is 4.90 Å². The van der Waals surface area contributed by atoms with E-state index in [4.69, 9.17) is 9.05 Å². The number of likely N-dealkylation sites (tertiary alicyclic amines) is 1. The van der Waals surface area contributed by atoms with Crippen molar-refractivity contribution in [2.75, 3.05) is 13.1 Å². The Bertz CT molecular complexity index is 692. The van der Waals surface area contributed by atoms with Crippen molar-refractivity contribution in [2.45, 2.75) is 45.2 Å². The van der Waals surface area contributed by atoms with E-state index in [1.54, 1.807) is 24.3 Å². The monoisotopic (exact) mass is 424 g/mol. The molecule has 0 aliphatic carbocycles. The van der Waals surface area contributed by atoms with E-state index in [0.717, 1.165) is 6.54 Å². The summed E-state index contributed by atoms with van der Waals surface area (Å²) in [5.41, 5.74) is 0. The summed E-state index contributed by atoms with van der Waals surface area (Å²) in [4.78, 5) is 2.46. The highest BCUT2D eigenvalue weighted by Crippen LogP contribution is 2.44. The van der Waals surface area contributed by atoms with E-state index in [1.165, 1.54) is 19.3 Å². The number of rotatable bonds is 8. The first-order valence-electron chi connectivity index (χ1n) is 9.66. The van der Waals surface area contributed by atoms with E-state index < -0.39 is 7.75 Å². The first-order chi connectivity index (χ1) is 13.1. The van der Waals surface area contributed by atoms with Crippen LogP contribution in [0.5, 0.6) is 11.5 Å². The van der Waals surface area contributed by atoms with Gasteiger partial charge in [0.25, 0.3) is 0 Å². The van der Waals surface area contributed by atoms with Crippen molar-refractivity contribution in [3.63, 3.8) is 0 Å². The average Bonchev–Trinajstić information content (AvgIpc) is 2.66. The molecule has 2 aromatic rings. The zero-order chi connectivity index (χ0) is 19.1. The second-order valence-corrected chi connectivity index (χ2v) is 8.76. The van der Waals surface area contributed by atoms with Crippen LogP contribution in [0.2, 0.25) is 0 Å². The number of benzene rings is 2. The van der Waals surface area contributed by atoms with Gasteiger partial charge in [0.1, 0.15) is 11.5 Å². The Labute approximate surface area is 174 Å². The smallest absolute Gasteiger partial charge is 0.405 e. The van der Waals surface area contributed by atoms with Crippen molar-refractivity contribution in [2.24, 2.45) is 0 Å². The van der Waals surface area contributed by atoms with Gasteiger partial charge in [0.2, 0.25) is 0 Å². The molecule has 0 spiro atoms. The first-order valence-corrected chi connectivity index (χ1v) is 11.2. The Morgan fingerprint density at radius 1 is 0.929 bits per heavy atom. The van der Waals surface area contributed by atoms with Crippen molar-refractivity contribution < 1.29 is 13.6 Å². The molecular weight excluding hydrogens is 395 g/mol. The molecule has 0 amide bonds. The molecule has 28 heavy (non-hydrogen) atoms. The number of halogens is 1. The van der Waals surface area contributed by atoms with Crippen LogP contribution in [0.15, 0.2) is 60.7 Å². The summed E-state index contributed by atoms with van der Waals surface area (Å²) in [5, 5.41) is 3.05. The van der Waals surface area contributed by atoms with E-state index >= 15 is 0 Å². The lowest BCUT2D eigenvalue weighted by atomic mass is 9.98. The second-order valence-electron chi connectivity index (χ2n) is 7.08. The normalized spacial score (nSPS) is 20.2.